The van der Waals surface area contributed by atoms with Crippen LogP contribution in [0.3, 0.4) is 0 Å². The fraction of sp³-hybridized carbons (Fsp3) is 0.917. The van der Waals surface area contributed by atoms with Gasteiger partial charge in [0.15, 0.2) is 0 Å². The minimum atomic E-state index is 0.238. The van der Waals surface area contributed by atoms with Gasteiger partial charge in [-0.05, 0) is 25.7 Å². The SMILES string of the molecule is CCCCNC(=O)CCCCC1CCSS1. The Hall–Kier alpha value is 0.170. The smallest absolute Gasteiger partial charge is 0.219 e. The molecule has 1 rings (SSSR count). The van der Waals surface area contributed by atoms with Crippen molar-refractivity contribution in [1.29, 1.82) is 0 Å². The molecule has 94 valence electrons. The average molecular weight is 261 g/mol. The van der Waals surface area contributed by atoms with Gasteiger partial charge in [-0.25, -0.2) is 0 Å². The zero-order valence-corrected chi connectivity index (χ0v) is 11.8. The van der Waals surface area contributed by atoms with Crippen LogP contribution in [0.2, 0.25) is 0 Å². The summed E-state index contributed by atoms with van der Waals surface area (Å²) >= 11 is 0. The van der Waals surface area contributed by atoms with E-state index in [0.717, 1.165) is 31.1 Å². The van der Waals surface area contributed by atoms with Gasteiger partial charge in [0.1, 0.15) is 0 Å². The first kappa shape index (κ1) is 14.2. The second kappa shape index (κ2) is 9.23. The van der Waals surface area contributed by atoms with Gasteiger partial charge in [0.05, 0.1) is 0 Å². The Labute approximate surface area is 107 Å². The van der Waals surface area contributed by atoms with Crippen LogP contribution >= 0.6 is 21.6 Å². The summed E-state index contributed by atoms with van der Waals surface area (Å²) in [5.74, 6) is 1.55. The maximum atomic E-state index is 11.4. The first-order valence-electron chi connectivity index (χ1n) is 6.38. The Morgan fingerprint density at radius 3 is 2.94 bits per heavy atom. The van der Waals surface area contributed by atoms with Crippen molar-refractivity contribution >= 4 is 27.5 Å². The monoisotopic (exact) mass is 261 g/mol. The van der Waals surface area contributed by atoms with Crippen molar-refractivity contribution in [1.82, 2.24) is 5.32 Å². The third-order valence-electron chi connectivity index (χ3n) is 2.76. The maximum Gasteiger partial charge on any atom is 0.219 e. The lowest BCUT2D eigenvalue weighted by molar-refractivity contribution is -0.121. The largest absolute Gasteiger partial charge is 0.356 e. The van der Waals surface area contributed by atoms with Gasteiger partial charge < -0.3 is 5.32 Å². The minimum absolute atomic E-state index is 0.238. The molecular formula is C12H23NOS2. The molecule has 1 unspecified atom stereocenters. The Bertz CT molecular complexity index is 193. The van der Waals surface area contributed by atoms with Crippen molar-refractivity contribution in [2.75, 3.05) is 12.3 Å². The minimum Gasteiger partial charge on any atom is -0.356 e. The highest BCUT2D eigenvalue weighted by atomic mass is 33.1. The quantitative estimate of drug-likeness (QED) is 0.534. The van der Waals surface area contributed by atoms with E-state index in [1.165, 1.54) is 25.0 Å². The van der Waals surface area contributed by atoms with Crippen molar-refractivity contribution in [3.05, 3.63) is 0 Å². The van der Waals surface area contributed by atoms with Crippen molar-refractivity contribution in [2.45, 2.75) is 57.1 Å². The number of rotatable bonds is 8. The zero-order chi connectivity index (χ0) is 11.6. The van der Waals surface area contributed by atoms with Crippen LogP contribution < -0.4 is 5.32 Å². The molecule has 1 aliphatic rings. The van der Waals surface area contributed by atoms with Crippen LogP contribution in [0, 0.1) is 0 Å². The molecule has 0 aliphatic carbocycles. The maximum absolute atomic E-state index is 11.4. The summed E-state index contributed by atoms with van der Waals surface area (Å²) < 4.78 is 0. The Balaban J connectivity index is 1.87. The van der Waals surface area contributed by atoms with E-state index in [9.17, 15) is 4.79 Å². The summed E-state index contributed by atoms with van der Waals surface area (Å²) in [6.07, 6.45) is 7.88. The van der Waals surface area contributed by atoms with E-state index in [2.05, 4.69) is 12.2 Å². The van der Waals surface area contributed by atoms with E-state index in [-0.39, 0.29) is 5.91 Å². The van der Waals surface area contributed by atoms with Crippen molar-refractivity contribution in [3.63, 3.8) is 0 Å². The Kier molecular flexibility index (Phi) is 8.21. The summed E-state index contributed by atoms with van der Waals surface area (Å²) in [6.45, 7) is 2.99. The van der Waals surface area contributed by atoms with Crippen LogP contribution in [0.5, 0.6) is 0 Å². The number of amides is 1. The molecule has 1 N–H and O–H groups in total. The number of unbranched alkanes of at least 4 members (excludes halogenated alkanes) is 2. The lowest BCUT2D eigenvalue weighted by Gasteiger charge is -2.07. The first-order valence-corrected chi connectivity index (χ1v) is 8.76. The second-order valence-electron chi connectivity index (χ2n) is 4.28. The Morgan fingerprint density at radius 1 is 1.38 bits per heavy atom. The third-order valence-corrected chi connectivity index (χ3v) is 5.77. The molecule has 0 aromatic carbocycles. The van der Waals surface area contributed by atoms with E-state index in [1.54, 1.807) is 0 Å². The van der Waals surface area contributed by atoms with Gasteiger partial charge in [-0.1, -0.05) is 41.4 Å². The second-order valence-corrected chi connectivity index (χ2v) is 7.07. The molecule has 1 amide bonds. The molecule has 0 radical (unpaired) electrons. The van der Waals surface area contributed by atoms with Crippen LogP contribution in [0.25, 0.3) is 0 Å². The van der Waals surface area contributed by atoms with Gasteiger partial charge in [0.25, 0.3) is 0 Å². The molecule has 1 saturated heterocycles. The topological polar surface area (TPSA) is 29.1 Å². The fourth-order valence-corrected chi connectivity index (χ4v) is 4.74. The Morgan fingerprint density at radius 2 is 2.25 bits per heavy atom. The van der Waals surface area contributed by atoms with Gasteiger partial charge in [-0.15, -0.1) is 0 Å². The third kappa shape index (κ3) is 6.69. The highest BCUT2D eigenvalue weighted by Crippen LogP contribution is 2.39. The molecule has 2 nitrogen and oxygen atoms in total. The fourth-order valence-electron chi connectivity index (χ4n) is 1.71. The van der Waals surface area contributed by atoms with Crippen LogP contribution in [0.1, 0.15) is 51.9 Å². The van der Waals surface area contributed by atoms with E-state index in [0.29, 0.717) is 6.42 Å². The van der Waals surface area contributed by atoms with Gasteiger partial charge in [-0.2, -0.15) is 0 Å². The summed E-state index contributed by atoms with van der Waals surface area (Å²) in [6, 6.07) is 0. The molecule has 0 saturated carbocycles. The zero-order valence-electron chi connectivity index (χ0n) is 10.2. The molecule has 1 atom stereocenters. The molecule has 0 aromatic heterocycles. The predicted octanol–water partition coefficient (Wildman–Crippen LogP) is 3.62. The van der Waals surface area contributed by atoms with Crippen LogP contribution in [0.4, 0.5) is 0 Å². The summed E-state index contributed by atoms with van der Waals surface area (Å²) in [5, 5.41) is 3.82. The normalized spacial score (nSPS) is 19.9. The molecular weight excluding hydrogens is 238 g/mol. The number of carbonyl (C=O) groups is 1. The van der Waals surface area contributed by atoms with E-state index in [4.69, 9.17) is 0 Å². The molecule has 4 heteroatoms. The number of carbonyl (C=O) groups excluding carboxylic acids is 1. The van der Waals surface area contributed by atoms with Gasteiger partial charge in [0, 0.05) is 24.0 Å². The number of hydrogen-bond donors (Lipinski definition) is 1. The molecule has 16 heavy (non-hydrogen) atoms. The molecule has 0 spiro atoms. The van der Waals surface area contributed by atoms with Crippen molar-refractivity contribution < 1.29 is 4.79 Å². The molecule has 1 heterocycles. The highest BCUT2D eigenvalue weighted by Gasteiger charge is 2.15. The van der Waals surface area contributed by atoms with Gasteiger partial charge >= 0.3 is 0 Å². The summed E-state index contributed by atoms with van der Waals surface area (Å²) in [4.78, 5) is 11.4. The summed E-state index contributed by atoms with van der Waals surface area (Å²) in [7, 11) is 4.03. The lowest BCUT2D eigenvalue weighted by atomic mass is 10.1. The molecule has 1 fully saturated rings. The lowest BCUT2D eigenvalue weighted by Crippen LogP contribution is -2.23. The van der Waals surface area contributed by atoms with Crippen molar-refractivity contribution in [3.8, 4) is 0 Å². The molecule has 0 bridgehead atoms. The molecule has 1 aliphatic heterocycles. The number of nitrogens with one attached hydrogen (secondary N) is 1. The van der Waals surface area contributed by atoms with E-state index in [1.807, 2.05) is 21.6 Å². The average Bonchev–Trinajstić information content (AvgIpc) is 2.78. The highest BCUT2D eigenvalue weighted by molar-refractivity contribution is 8.77. The van der Waals surface area contributed by atoms with Crippen LogP contribution in [-0.4, -0.2) is 23.5 Å². The summed E-state index contributed by atoms with van der Waals surface area (Å²) in [5.41, 5.74) is 0. The molecule has 0 aromatic rings. The standard InChI is InChI=1S/C12H23NOS2/c1-2-3-9-13-12(14)7-5-4-6-11-8-10-15-16-11/h11H,2-10H2,1H3,(H,13,14). The first-order chi connectivity index (χ1) is 7.83. The van der Waals surface area contributed by atoms with E-state index < -0.39 is 0 Å². The van der Waals surface area contributed by atoms with E-state index >= 15 is 0 Å². The van der Waals surface area contributed by atoms with Crippen LogP contribution in [0.15, 0.2) is 0 Å². The van der Waals surface area contributed by atoms with Crippen molar-refractivity contribution in [2.24, 2.45) is 0 Å². The number of hydrogen-bond acceptors (Lipinski definition) is 3. The van der Waals surface area contributed by atoms with Gasteiger partial charge in [0.2, 0.25) is 5.91 Å². The van der Waals surface area contributed by atoms with Crippen LogP contribution in [-0.2, 0) is 4.79 Å². The predicted molar refractivity (Wildman–Crippen MR) is 74.8 cm³/mol. The van der Waals surface area contributed by atoms with Gasteiger partial charge in [-0.3, -0.25) is 4.79 Å².